The fourth-order valence-corrected chi connectivity index (χ4v) is 3.55. The molecule has 0 aromatic heterocycles. The third-order valence-corrected chi connectivity index (χ3v) is 4.55. The van der Waals surface area contributed by atoms with E-state index in [9.17, 15) is 0 Å². The highest BCUT2D eigenvalue weighted by atomic mass is 16.5. The predicted octanol–water partition coefficient (Wildman–Crippen LogP) is 3.46. The van der Waals surface area contributed by atoms with Gasteiger partial charge in [-0.2, -0.15) is 0 Å². The molecule has 1 fully saturated rings. The summed E-state index contributed by atoms with van der Waals surface area (Å²) >= 11 is 0. The quantitative estimate of drug-likeness (QED) is 0.880. The number of rotatable bonds is 3. The second-order valence-electron chi connectivity index (χ2n) is 5.71. The molecule has 18 heavy (non-hydrogen) atoms. The molecular formula is C16H23NO. The van der Waals surface area contributed by atoms with Gasteiger partial charge >= 0.3 is 0 Å². The second-order valence-corrected chi connectivity index (χ2v) is 5.71. The van der Waals surface area contributed by atoms with Gasteiger partial charge in [-0.3, -0.25) is 0 Å². The molecular weight excluding hydrogens is 222 g/mol. The lowest BCUT2D eigenvalue weighted by Crippen LogP contribution is -2.31. The number of ether oxygens (including phenoxy) is 1. The number of fused-ring (bicyclic) bond motifs is 1. The zero-order valence-electron chi connectivity index (χ0n) is 11.2. The highest BCUT2D eigenvalue weighted by Gasteiger charge is 2.25. The van der Waals surface area contributed by atoms with Crippen LogP contribution in [-0.4, -0.2) is 13.7 Å². The highest BCUT2D eigenvalue weighted by Crippen LogP contribution is 2.36. The van der Waals surface area contributed by atoms with Gasteiger partial charge in [-0.15, -0.1) is 0 Å². The Balaban J connectivity index is 1.78. The smallest absolute Gasteiger partial charge is 0.119 e. The zero-order chi connectivity index (χ0) is 12.4. The summed E-state index contributed by atoms with van der Waals surface area (Å²) in [5.74, 6) is 1.94. The lowest BCUT2D eigenvalue weighted by Gasteiger charge is -2.29. The van der Waals surface area contributed by atoms with Crippen molar-refractivity contribution in [1.29, 1.82) is 0 Å². The highest BCUT2D eigenvalue weighted by molar-refractivity contribution is 5.39. The third-order valence-electron chi connectivity index (χ3n) is 4.55. The van der Waals surface area contributed by atoms with Crippen molar-refractivity contribution in [2.24, 2.45) is 5.92 Å². The first kappa shape index (κ1) is 12.0. The minimum atomic E-state index is 0.572. The maximum absolute atomic E-state index is 5.33. The first-order chi connectivity index (χ1) is 8.86. The van der Waals surface area contributed by atoms with Crippen molar-refractivity contribution in [3.8, 4) is 5.75 Å². The van der Waals surface area contributed by atoms with Gasteiger partial charge < -0.3 is 10.1 Å². The summed E-state index contributed by atoms with van der Waals surface area (Å²) in [6.07, 6.45) is 8.19. The zero-order valence-corrected chi connectivity index (χ0v) is 11.2. The van der Waals surface area contributed by atoms with Crippen molar-refractivity contribution in [3.63, 3.8) is 0 Å². The third kappa shape index (κ3) is 2.39. The summed E-state index contributed by atoms with van der Waals surface area (Å²) in [7, 11) is 1.75. The van der Waals surface area contributed by atoms with Crippen LogP contribution in [0, 0.1) is 5.92 Å². The number of benzene rings is 1. The molecule has 1 aliphatic carbocycles. The predicted molar refractivity (Wildman–Crippen MR) is 74.0 cm³/mol. The summed E-state index contributed by atoms with van der Waals surface area (Å²) in [5, 5.41) is 3.70. The van der Waals surface area contributed by atoms with Crippen molar-refractivity contribution in [2.75, 3.05) is 13.7 Å². The molecule has 1 unspecified atom stereocenters. The lowest BCUT2D eigenvalue weighted by atomic mass is 9.87. The lowest BCUT2D eigenvalue weighted by molar-refractivity contribution is 0.380. The van der Waals surface area contributed by atoms with Crippen LogP contribution in [-0.2, 0) is 6.42 Å². The fourth-order valence-electron chi connectivity index (χ4n) is 3.55. The van der Waals surface area contributed by atoms with Gasteiger partial charge in [0.1, 0.15) is 5.75 Å². The number of hydrogen-bond donors (Lipinski definition) is 1. The molecule has 1 aliphatic heterocycles. The normalized spacial score (nSPS) is 23.9. The van der Waals surface area contributed by atoms with E-state index in [4.69, 9.17) is 4.74 Å². The van der Waals surface area contributed by atoms with Crippen LogP contribution in [0.25, 0.3) is 0 Å². The summed E-state index contributed by atoms with van der Waals surface area (Å²) in [6.45, 7) is 1.11. The Morgan fingerprint density at radius 1 is 1.28 bits per heavy atom. The topological polar surface area (TPSA) is 21.3 Å². The molecule has 2 heteroatoms. The maximum atomic E-state index is 5.33. The summed E-state index contributed by atoms with van der Waals surface area (Å²) in [5.41, 5.74) is 2.99. The molecule has 98 valence electrons. The number of hydrogen-bond acceptors (Lipinski definition) is 2. The van der Waals surface area contributed by atoms with Crippen LogP contribution < -0.4 is 10.1 Å². The van der Waals surface area contributed by atoms with Gasteiger partial charge in [-0.05, 0) is 48.6 Å². The largest absolute Gasteiger partial charge is 0.497 e. The molecule has 1 aromatic carbocycles. The van der Waals surface area contributed by atoms with E-state index in [2.05, 4.69) is 23.5 Å². The average molecular weight is 245 g/mol. The van der Waals surface area contributed by atoms with Crippen LogP contribution in [0.4, 0.5) is 0 Å². The average Bonchev–Trinajstić information content (AvgIpc) is 2.91. The van der Waals surface area contributed by atoms with Crippen LogP contribution in [0.2, 0.25) is 0 Å². The molecule has 3 rings (SSSR count). The number of nitrogens with one attached hydrogen (secondary N) is 1. The molecule has 1 heterocycles. The molecule has 0 spiro atoms. The van der Waals surface area contributed by atoms with Gasteiger partial charge in [0.25, 0.3) is 0 Å². The van der Waals surface area contributed by atoms with Gasteiger partial charge in [-0.25, -0.2) is 0 Å². The van der Waals surface area contributed by atoms with E-state index in [1.807, 2.05) is 0 Å². The molecule has 1 saturated carbocycles. The van der Waals surface area contributed by atoms with Gasteiger partial charge in [0.05, 0.1) is 7.11 Å². The van der Waals surface area contributed by atoms with Crippen LogP contribution in [0.5, 0.6) is 5.75 Å². The molecule has 1 atom stereocenters. The standard InChI is InChI=1S/C16H23NO/c1-18-14-6-7-15-13(11-14)8-9-17-16(15)10-12-4-2-3-5-12/h6-7,11-12,16-17H,2-5,8-10H2,1H3. The molecule has 1 aromatic rings. The fraction of sp³-hybridized carbons (Fsp3) is 0.625. The Hall–Kier alpha value is -1.02. The van der Waals surface area contributed by atoms with E-state index < -0.39 is 0 Å². The van der Waals surface area contributed by atoms with Crippen LogP contribution in [0.1, 0.15) is 49.3 Å². The van der Waals surface area contributed by atoms with E-state index >= 15 is 0 Å². The molecule has 2 aliphatic rings. The van der Waals surface area contributed by atoms with Crippen molar-refractivity contribution in [2.45, 2.75) is 44.6 Å². The van der Waals surface area contributed by atoms with Crippen LogP contribution in [0.15, 0.2) is 18.2 Å². The Labute approximate surface area is 110 Å². The van der Waals surface area contributed by atoms with E-state index in [-0.39, 0.29) is 0 Å². The Bertz CT molecular complexity index is 410. The Morgan fingerprint density at radius 2 is 2.11 bits per heavy atom. The van der Waals surface area contributed by atoms with Crippen molar-refractivity contribution in [3.05, 3.63) is 29.3 Å². The maximum Gasteiger partial charge on any atom is 0.119 e. The molecule has 0 amide bonds. The monoisotopic (exact) mass is 245 g/mol. The summed E-state index contributed by atoms with van der Waals surface area (Å²) in [6, 6.07) is 7.16. The van der Waals surface area contributed by atoms with Crippen molar-refractivity contribution < 1.29 is 4.74 Å². The molecule has 1 N–H and O–H groups in total. The van der Waals surface area contributed by atoms with Crippen molar-refractivity contribution in [1.82, 2.24) is 5.32 Å². The second kappa shape index (κ2) is 5.31. The summed E-state index contributed by atoms with van der Waals surface area (Å²) < 4.78 is 5.33. The summed E-state index contributed by atoms with van der Waals surface area (Å²) in [4.78, 5) is 0. The van der Waals surface area contributed by atoms with Gasteiger partial charge in [0.15, 0.2) is 0 Å². The van der Waals surface area contributed by atoms with Gasteiger partial charge in [0, 0.05) is 6.04 Å². The van der Waals surface area contributed by atoms with Gasteiger partial charge in [-0.1, -0.05) is 31.7 Å². The SMILES string of the molecule is COc1ccc2c(c1)CCNC2CC1CCCC1. The Morgan fingerprint density at radius 3 is 2.89 bits per heavy atom. The van der Waals surface area contributed by atoms with Gasteiger partial charge in [0.2, 0.25) is 0 Å². The van der Waals surface area contributed by atoms with Crippen LogP contribution in [0.3, 0.4) is 0 Å². The van der Waals surface area contributed by atoms with E-state index in [1.54, 1.807) is 7.11 Å². The molecule has 0 bridgehead atoms. The van der Waals surface area contributed by atoms with E-state index in [0.29, 0.717) is 6.04 Å². The first-order valence-corrected chi connectivity index (χ1v) is 7.27. The molecule has 0 saturated heterocycles. The molecule has 0 radical (unpaired) electrons. The minimum Gasteiger partial charge on any atom is -0.497 e. The van der Waals surface area contributed by atoms with Crippen molar-refractivity contribution >= 4 is 0 Å². The first-order valence-electron chi connectivity index (χ1n) is 7.27. The number of methoxy groups -OCH3 is 1. The van der Waals surface area contributed by atoms with Crippen LogP contribution >= 0.6 is 0 Å². The Kier molecular flexibility index (Phi) is 3.55. The molecule has 2 nitrogen and oxygen atoms in total. The van der Waals surface area contributed by atoms with E-state index in [1.165, 1.54) is 43.2 Å². The minimum absolute atomic E-state index is 0.572. The van der Waals surface area contributed by atoms with E-state index in [0.717, 1.165) is 24.6 Å².